The summed E-state index contributed by atoms with van der Waals surface area (Å²) in [5, 5.41) is 8.78. The minimum Gasteiger partial charge on any atom is -0.399 e. The van der Waals surface area contributed by atoms with Crippen LogP contribution in [0.4, 0.5) is 5.69 Å². The lowest BCUT2D eigenvalue weighted by Crippen LogP contribution is -2.35. The van der Waals surface area contributed by atoms with Gasteiger partial charge in [-0.05, 0) is 31.5 Å². The van der Waals surface area contributed by atoms with E-state index >= 15 is 0 Å². The Morgan fingerprint density at radius 2 is 2.28 bits per heavy atom. The number of hydrogen-bond donors (Lipinski definition) is 1. The molecule has 0 aromatic heterocycles. The topological polar surface area (TPSA) is 70.1 Å². The number of hydrogen-bond acceptors (Lipinski definition) is 3. The minimum atomic E-state index is -0.144. The lowest BCUT2D eigenvalue weighted by atomic mass is 10.1. The number of anilines is 1. The van der Waals surface area contributed by atoms with Crippen molar-refractivity contribution in [1.82, 2.24) is 4.90 Å². The second kappa shape index (κ2) is 6.65. The zero-order chi connectivity index (χ0) is 13.5. The Labute approximate surface area is 108 Å². The molecule has 96 valence electrons. The minimum absolute atomic E-state index is 0.0326. The number of likely N-dealkylation sites (N-methyl/N-ethyl adjacent to an activating group) is 1. The van der Waals surface area contributed by atoms with Crippen LogP contribution >= 0.6 is 0 Å². The van der Waals surface area contributed by atoms with Gasteiger partial charge in [-0.3, -0.25) is 4.79 Å². The maximum Gasteiger partial charge on any atom is 0.227 e. The highest BCUT2D eigenvalue weighted by molar-refractivity contribution is 5.79. The van der Waals surface area contributed by atoms with E-state index in [9.17, 15) is 4.79 Å². The molecule has 0 saturated heterocycles. The van der Waals surface area contributed by atoms with Crippen LogP contribution in [0.1, 0.15) is 19.4 Å². The van der Waals surface area contributed by atoms with E-state index < -0.39 is 0 Å². The quantitative estimate of drug-likeness (QED) is 0.804. The molecule has 0 heterocycles. The standard InChI is InChI=1S/C14H19N3O/c1-3-17(10-11(2)9-15)14(18)8-12-5-4-6-13(16)7-12/h4-7,11H,3,8,10,16H2,1-2H3. The number of amides is 1. The fourth-order valence-corrected chi connectivity index (χ4v) is 1.77. The van der Waals surface area contributed by atoms with Crippen LogP contribution in [0.25, 0.3) is 0 Å². The average Bonchev–Trinajstić information content (AvgIpc) is 2.35. The summed E-state index contributed by atoms with van der Waals surface area (Å²) in [7, 11) is 0. The summed E-state index contributed by atoms with van der Waals surface area (Å²) in [6.07, 6.45) is 0.330. The Hall–Kier alpha value is -2.02. The van der Waals surface area contributed by atoms with Crippen LogP contribution in [0.2, 0.25) is 0 Å². The van der Waals surface area contributed by atoms with E-state index in [1.54, 1.807) is 17.0 Å². The molecule has 0 aliphatic rings. The van der Waals surface area contributed by atoms with Gasteiger partial charge in [-0.1, -0.05) is 12.1 Å². The predicted molar refractivity (Wildman–Crippen MR) is 71.6 cm³/mol. The second-order valence-corrected chi connectivity index (χ2v) is 4.38. The largest absolute Gasteiger partial charge is 0.399 e. The molecule has 1 unspecified atom stereocenters. The van der Waals surface area contributed by atoms with Gasteiger partial charge in [0.15, 0.2) is 0 Å². The van der Waals surface area contributed by atoms with Gasteiger partial charge in [0.25, 0.3) is 0 Å². The van der Waals surface area contributed by atoms with Crippen molar-refractivity contribution in [2.24, 2.45) is 5.92 Å². The van der Waals surface area contributed by atoms with Crippen molar-refractivity contribution in [1.29, 1.82) is 5.26 Å². The number of nitrogens with two attached hydrogens (primary N) is 1. The smallest absolute Gasteiger partial charge is 0.227 e. The Morgan fingerprint density at radius 1 is 1.56 bits per heavy atom. The summed E-state index contributed by atoms with van der Waals surface area (Å²) in [5.74, 6) is -0.111. The van der Waals surface area contributed by atoms with E-state index in [-0.39, 0.29) is 11.8 Å². The summed E-state index contributed by atoms with van der Waals surface area (Å²) < 4.78 is 0. The van der Waals surface area contributed by atoms with E-state index in [1.165, 1.54) is 0 Å². The van der Waals surface area contributed by atoms with Gasteiger partial charge in [0, 0.05) is 18.8 Å². The fraction of sp³-hybridized carbons (Fsp3) is 0.429. The van der Waals surface area contributed by atoms with Gasteiger partial charge in [0.1, 0.15) is 0 Å². The highest BCUT2D eigenvalue weighted by atomic mass is 16.2. The predicted octanol–water partition coefficient (Wildman–Crippen LogP) is 1.82. The number of benzene rings is 1. The molecular weight excluding hydrogens is 226 g/mol. The van der Waals surface area contributed by atoms with Crippen molar-refractivity contribution in [2.45, 2.75) is 20.3 Å². The normalized spacial score (nSPS) is 11.6. The first kappa shape index (κ1) is 14.0. The first-order chi connectivity index (χ1) is 8.56. The van der Waals surface area contributed by atoms with Crippen molar-refractivity contribution < 1.29 is 4.79 Å². The molecular formula is C14H19N3O. The van der Waals surface area contributed by atoms with Gasteiger partial charge in [0.2, 0.25) is 5.91 Å². The van der Waals surface area contributed by atoms with Gasteiger partial charge < -0.3 is 10.6 Å². The molecule has 1 aromatic rings. The molecule has 1 atom stereocenters. The number of nitrogen functional groups attached to an aromatic ring is 1. The molecule has 18 heavy (non-hydrogen) atoms. The van der Waals surface area contributed by atoms with Gasteiger partial charge in [-0.25, -0.2) is 0 Å². The van der Waals surface area contributed by atoms with Crippen LogP contribution in [0.15, 0.2) is 24.3 Å². The zero-order valence-corrected chi connectivity index (χ0v) is 10.9. The molecule has 0 aliphatic carbocycles. The number of rotatable bonds is 5. The molecule has 0 radical (unpaired) electrons. The molecule has 0 spiro atoms. The number of nitrogens with zero attached hydrogens (tertiary/aromatic N) is 2. The van der Waals surface area contributed by atoms with Gasteiger partial charge in [0.05, 0.1) is 18.4 Å². The SMILES string of the molecule is CCN(CC(C)C#N)C(=O)Cc1cccc(N)c1. The molecule has 1 amide bonds. The Bertz CT molecular complexity index is 451. The highest BCUT2D eigenvalue weighted by Gasteiger charge is 2.15. The summed E-state index contributed by atoms with van der Waals surface area (Å²) in [4.78, 5) is 13.8. The molecule has 2 N–H and O–H groups in total. The number of nitriles is 1. The zero-order valence-electron chi connectivity index (χ0n) is 10.9. The fourth-order valence-electron chi connectivity index (χ4n) is 1.77. The van der Waals surface area contributed by atoms with E-state index in [4.69, 9.17) is 11.0 Å². The van der Waals surface area contributed by atoms with Crippen LogP contribution in [-0.2, 0) is 11.2 Å². The second-order valence-electron chi connectivity index (χ2n) is 4.38. The molecule has 1 rings (SSSR count). The third-order valence-corrected chi connectivity index (χ3v) is 2.76. The van der Waals surface area contributed by atoms with E-state index in [1.807, 2.05) is 26.0 Å². The van der Waals surface area contributed by atoms with E-state index in [0.717, 1.165) is 5.56 Å². The monoisotopic (exact) mass is 245 g/mol. The van der Waals surface area contributed by atoms with Crippen molar-refractivity contribution in [3.63, 3.8) is 0 Å². The lowest BCUT2D eigenvalue weighted by Gasteiger charge is -2.22. The van der Waals surface area contributed by atoms with Crippen LogP contribution in [0.5, 0.6) is 0 Å². The maximum absolute atomic E-state index is 12.1. The molecule has 0 fully saturated rings. The van der Waals surface area contributed by atoms with E-state index in [0.29, 0.717) is 25.2 Å². The number of carbonyl (C=O) groups excluding carboxylic acids is 1. The van der Waals surface area contributed by atoms with Crippen LogP contribution in [0, 0.1) is 17.2 Å². The molecule has 0 saturated carbocycles. The summed E-state index contributed by atoms with van der Waals surface area (Å²) in [6.45, 7) is 4.83. The summed E-state index contributed by atoms with van der Waals surface area (Å²) in [5.41, 5.74) is 7.24. The van der Waals surface area contributed by atoms with Crippen molar-refractivity contribution in [2.75, 3.05) is 18.8 Å². The van der Waals surface area contributed by atoms with Gasteiger partial charge >= 0.3 is 0 Å². The van der Waals surface area contributed by atoms with Crippen LogP contribution < -0.4 is 5.73 Å². The van der Waals surface area contributed by atoms with Crippen LogP contribution in [-0.4, -0.2) is 23.9 Å². The Kier molecular flexibility index (Phi) is 5.19. The Morgan fingerprint density at radius 3 is 2.83 bits per heavy atom. The molecule has 0 bridgehead atoms. The van der Waals surface area contributed by atoms with Crippen molar-refractivity contribution in [3.05, 3.63) is 29.8 Å². The highest BCUT2D eigenvalue weighted by Crippen LogP contribution is 2.09. The van der Waals surface area contributed by atoms with Crippen molar-refractivity contribution >= 4 is 11.6 Å². The third-order valence-electron chi connectivity index (χ3n) is 2.76. The molecule has 0 aliphatic heterocycles. The molecule has 4 heteroatoms. The third kappa shape index (κ3) is 4.10. The molecule has 1 aromatic carbocycles. The Balaban J connectivity index is 2.66. The first-order valence-corrected chi connectivity index (χ1v) is 6.08. The first-order valence-electron chi connectivity index (χ1n) is 6.08. The van der Waals surface area contributed by atoms with Gasteiger partial charge in [-0.2, -0.15) is 5.26 Å². The molecule has 4 nitrogen and oxygen atoms in total. The summed E-state index contributed by atoms with van der Waals surface area (Å²) in [6, 6.07) is 9.47. The average molecular weight is 245 g/mol. The lowest BCUT2D eigenvalue weighted by molar-refractivity contribution is -0.130. The van der Waals surface area contributed by atoms with E-state index in [2.05, 4.69) is 6.07 Å². The van der Waals surface area contributed by atoms with Crippen LogP contribution in [0.3, 0.4) is 0 Å². The van der Waals surface area contributed by atoms with Gasteiger partial charge in [-0.15, -0.1) is 0 Å². The summed E-state index contributed by atoms with van der Waals surface area (Å²) >= 11 is 0. The van der Waals surface area contributed by atoms with Crippen molar-refractivity contribution in [3.8, 4) is 6.07 Å². The number of carbonyl (C=O) groups is 1. The maximum atomic E-state index is 12.1.